The van der Waals surface area contributed by atoms with Gasteiger partial charge >= 0.3 is 5.97 Å². The summed E-state index contributed by atoms with van der Waals surface area (Å²) in [6, 6.07) is 6.35. The fraction of sp³-hybridized carbons (Fsp3) is 0.765. The van der Waals surface area contributed by atoms with Gasteiger partial charge in [0, 0.05) is 40.8 Å². The lowest BCUT2D eigenvalue weighted by molar-refractivity contribution is -0.148. The quantitative estimate of drug-likeness (QED) is 0.0711. The lowest BCUT2D eigenvalue weighted by Gasteiger charge is -2.41. The number of methoxy groups -OCH3 is 2. The Morgan fingerprint density at radius 3 is 1.86 bits per heavy atom. The van der Waals surface area contributed by atoms with Crippen molar-refractivity contribution in [2.24, 2.45) is 23.7 Å². The van der Waals surface area contributed by atoms with E-state index in [9.17, 15) is 28.8 Å². The molecular formula is C51H88N6O13. The molecule has 9 atom stereocenters. The Kier molecular flexibility index (Phi) is 29.5. The molecule has 0 saturated carbocycles. The van der Waals surface area contributed by atoms with Gasteiger partial charge in [-0.25, -0.2) is 0 Å². The van der Waals surface area contributed by atoms with Gasteiger partial charge in [0.2, 0.25) is 29.5 Å². The molecule has 0 spiro atoms. The lowest BCUT2D eigenvalue weighted by atomic mass is 9.89. The number of aliphatic carboxylic acids is 1. The first-order valence-electron chi connectivity index (χ1n) is 25.0. The van der Waals surface area contributed by atoms with Gasteiger partial charge < -0.3 is 59.3 Å². The molecule has 0 unspecified atom stereocenters. The zero-order valence-corrected chi connectivity index (χ0v) is 44.2. The van der Waals surface area contributed by atoms with Gasteiger partial charge in [0.05, 0.1) is 102 Å². The molecule has 70 heavy (non-hydrogen) atoms. The first-order valence-corrected chi connectivity index (χ1v) is 25.0. The van der Waals surface area contributed by atoms with Crippen LogP contribution in [0.4, 0.5) is 0 Å². The zero-order chi connectivity index (χ0) is 52.3. The van der Waals surface area contributed by atoms with Crippen molar-refractivity contribution in [3.63, 3.8) is 0 Å². The van der Waals surface area contributed by atoms with Crippen LogP contribution in [-0.2, 0) is 63.6 Å². The first-order chi connectivity index (χ1) is 33.3. The maximum Gasteiger partial charge on any atom is 0.305 e. The van der Waals surface area contributed by atoms with Crippen molar-refractivity contribution in [3.8, 4) is 0 Å². The minimum atomic E-state index is -0.912. The molecule has 0 aliphatic carbocycles. The van der Waals surface area contributed by atoms with E-state index < -0.39 is 60.2 Å². The second kappa shape index (κ2) is 33.4. The van der Waals surface area contributed by atoms with Gasteiger partial charge in [-0.3, -0.25) is 33.7 Å². The molecule has 1 aliphatic heterocycles. The normalized spacial score (nSPS) is 17.4. The van der Waals surface area contributed by atoms with E-state index in [2.05, 4.69) is 16.0 Å². The molecule has 19 heteroatoms. The minimum absolute atomic E-state index is 0.0213. The molecule has 19 nitrogen and oxygen atoms in total. The molecular weight excluding hydrogens is 905 g/mol. The molecule has 0 bridgehead atoms. The average Bonchev–Trinajstić information content (AvgIpc) is 3.80. The van der Waals surface area contributed by atoms with Crippen LogP contribution in [0.25, 0.3) is 0 Å². The van der Waals surface area contributed by atoms with Crippen molar-refractivity contribution in [1.82, 2.24) is 30.7 Å². The standard InChI is InChI=1S/C51H88N6O13/c1-13-36(6)46(56(10)51(64)44(34(2)3)54-50(63)45(35(4)5)55(8)9)41(65-11)33-42(58)57-23-17-20-40(57)47(66-12)37(7)48(61)53-39(32-38-18-15-14-16-19-38)49(62)52-22-25-68-27-29-70-31-30-69-28-26-67-24-21-43(59)60/h14-16,18-19,34-37,39-41,44-47H,13,17,20-33H2,1-12H3,(H,52,62)(H,53,61)(H,54,63)(H,59,60)/t36-,37+,39-,40-,41+,44-,45-,46-,47+/m0/s1. The van der Waals surface area contributed by atoms with E-state index in [4.69, 9.17) is 33.5 Å². The van der Waals surface area contributed by atoms with Crippen molar-refractivity contribution in [2.45, 2.75) is 129 Å². The summed E-state index contributed by atoms with van der Waals surface area (Å²) in [5.74, 6) is -3.34. The Hall–Kier alpha value is -4.24. The van der Waals surface area contributed by atoms with Crippen LogP contribution in [0.3, 0.4) is 0 Å². The van der Waals surface area contributed by atoms with Crippen LogP contribution in [0.15, 0.2) is 30.3 Å². The zero-order valence-electron chi connectivity index (χ0n) is 44.2. The first kappa shape index (κ1) is 61.9. The summed E-state index contributed by atoms with van der Waals surface area (Å²) in [6.07, 6.45) is 0.815. The van der Waals surface area contributed by atoms with E-state index in [1.54, 1.807) is 30.9 Å². The summed E-state index contributed by atoms with van der Waals surface area (Å²) >= 11 is 0. The van der Waals surface area contributed by atoms with Gasteiger partial charge in [0.25, 0.3) is 0 Å². The number of carboxylic acids is 1. The summed E-state index contributed by atoms with van der Waals surface area (Å²) in [7, 11) is 8.48. The third kappa shape index (κ3) is 20.8. The largest absolute Gasteiger partial charge is 0.481 e. The highest BCUT2D eigenvalue weighted by molar-refractivity contribution is 5.90. The van der Waals surface area contributed by atoms with E-state index in [1.165, 1.54) is 7.11 Å². The fourth-order valence-corrected chi connectivity index (χ4v) is 9.06. The third-order valence-corrected chi connectivity index (χ3v) is 13.0. The lowest BCUT2D eigenvalue weighted by Crippen LogP contribution is -2.59. The van der Waals surface area contributed by atoms with Gasteiger partial charge in [-0.05, 0) is 50.3 Å². The molecule has 1 aromatic carbocycles. The second-order valence-electron chi connectivity index (χ2n) is 19.1. The van der Waals surface area contributed by atoms with E-state index >= 15 is 0 Å². The van der Waals surface area contributed by atoms with Gasteiger partial charge in [-0.2, -0.15) is 0 Å². The molecule has 0 radical (unpaired) electrons. The highest BCUT2D eigenvalue weighted by Gasteiger charge is 2.43. The van der Waals surface area contributed by atoms with Crippen LogP contribution in [0.5, 0.6) is 0 Å². The molecule has 1 heterocycles. The van der Waals surface area contributed by atoms with Crippen molar-refractivity contribution in [1.29, 1.82) is 0 Å². The van der Waals surface area contributed by atoms with Crippen molar-refractivity contribution in [2.75, 3.05) is 101 Å². The molecule has 0 aromatic heterocycles. The number of rotatable bonds is 36. The predicted octanol–water partition coefficient (Wildman–Crippen LogP) is 3.02. The topological polar surface area (TPSA) is 224 Å². The smallest absolute Gasteiger partial charge is 0.305 e. The highest BCUT2D eigenvalue weighted by atomic mass is 16.6. The van der Waals surface area contributed by atoms with Crippen LogP contribution in [-0.4, -0.2) is 199 Å². The van der Waals surface area contributed by atoms with Crippen LogP contribution in [0.2, 0.25) is 0 Å². The number of benzene rings is 1. The number of nitrogens with zero attached hydrogens (tertiary/aromatic N) is 3. The third-order valence-electron chi connectivity index (χ3n) is 13.0. The maximum absolute atomic E-state index is 14.4. The van der Waals surface area contributed by atoms with Crippen molar-refractivity contribution < 1.29 is 62.3 Å². The fourth-order valence-electron chi connectivity index (χ4n) is 9.06. The Bertz CT molecular complexity index is 1700. The Morgan fingerprint density at radius 2 is 1.34 bits per heavy atom. The Labute approximate surface area is 417 Å². The van der Waals surface area contributed by atoms with Crippen LogP contribution < -0.4 is 16.0 Å². The number of hydrogen-bond acceptors (Lipinski definition) is 13. The number of carbonyl (C=O) groups excluding carboxylic acids is 5. The number of carbonyl (C=O) groups is 6. The number of nitrogens with one attached hydrogen (secondary N) is 3. The second-order valence-corrected chi connectivity index (χ2v) is 19.1. The van der Waals surface area contributed by atoms with Crippen molar-refractivity contribution >= 4 is 35.5 Å². The molecule has 400 valence electrons. The van der Waals surface area contributed by atoms with Crippen molar-refractivity contribution in [3.05, 3.63) is 35.9 Å². The Morgan fingerprint density at radius 1 is 0.757 bits per heavy atom. The van der Waals surface area contributed by atoms with E-state index in [1.807, 2.05) is 90.9 Å². The molecule has 1 fully saturated rings. The van der Waals surface area contributed by atoms with E-state index in [0.29, 0.717) is 65.4 Å². The highest BCUT2D eigenvalue weighted by Crippen LogP contribution is 2.30. The molecule has 1 saturated heterocycles. The summed E-state index contributed by atoms with van der Waals surface area (Å²) < 4.78 is 33.8. The Balaban J connectivity index is 2.09. The van der Waals surface area contributed by atoms with Gasteiger partial charge in [0.15, 0.2) is 0 Å². The monoisotopic (exact) mass is 993 g/mol. The van der Waals surface area contributed by atoms with E-state index in [-0.39, 0.29) is 80.4 Å². The molecule has 1 aromatic rings. The summed E-state index contributed by atoms with van der Waals surface area (Å²) in [5, 5.41) is 17.5. The van der Waals surface area contributed by atoms with Gasteiger partial charge in [-0.1, -0.05) is 85.2 Å². The number of amides is 5. The predicted molar refractivity (Wildman–Crippen MR) is 266 cm³/mol. The SMILES string of the molecule is CC[C@H](C)[C@@H]([C@@H](CC(=O)N1CCC[C@H]1[C@H](OC)[C@@H](C)C(=O)N[C@@H](Cc1ccccc1)C(=O)NCCOCCOCCOCCOCCC(=O)O)OC)N(C)C(=O)[C@@H](NC(=O)[C@H](C(C)C)N(C)C)C(C)C. The van der Waals surface area contributed by atoms with Crippen LogP contribution >= 0.6 is 0 Å². The number of likely N-dealkylation sites (N-methyl/N-ethyl adjacent to an activating group) is 2. The number of ether oxygens (including phenoxy) is 6. The van der Waals surface area contributed by atoms with Gasteiger partial charge in [0.1, 0.15) is 12.1 Å². The molecule has 5 amide bonds. The summed E-state index contributed by atoms with van der Waals surface area (Å²) in [4.78, 5) is 85.8. The van der Waals surface area contributed by atoms with Crippen LogP contribution in [0.1, 0.15) is 86.1 Å². The number of hydrogen-bond donors (Lipinski definition) is 4. The summed E-state index contributed by atoms with van der Waals surface area (Å²) in [6.45, 7) is 16.5. The number of carboxylic acid groups (broad SMARTS) is 1. The average molecular weight is 993 g/mol. The van der Waals surface area contributed by atoms with Gasteiger partial charge in [-0.15, -0.1) is 0 Å². The van der Waals surface area contributed by atoms with E-state index in [0.717, 1.165) is 5.56 Å². The molecule has 1 aliphatic rings. The minimum Gasteiger partial charge on any atom is -0.481 e. The molecule has 2 rings (SSSR count). The maximum atomic E-state index is 14.4. The molecule has 4 N–H and O–H groups in total. The summed E-state index contributed by atoms with van der Waals surface area (Å²) in [5.41, 5.74) is 0.860. The van der Waals surface area contributed by atoms with Crippen LogP contribution in [0, 0.1) is 23.7 Å². The number of likely N-dealkylation sites (tertiary alicyclic amines) is 1.